The molecular weight excluding hydrogens is 380 g/mol. The number of aliphatic carboxylic acids is 1. The number of methoxy groups -OCH3 is 2. The first-order valence-electron chi connectivity index (χ1n) is 9.18. The van der Waals surface area contributed by atoms with E-state index in [9.17, 15) is 4.79 Å². The number of nitrogens with zero attached hydrogens (tertiary/aromatic N) is 4. The van der Waals surface area contributed by atoms with E-state index in [4.69, 9.17) is 14.6 Å². The van der Waals surface area contributed by atoms with Crippen molar-refractivity contribution in [3.8, 4) is 11.5 Å². The Hall–Kier alpha value is -2.55. The van der Waals surface area contributed by atoms with Crippen LogP contribution in [0.25, 0.3) is 0 Å². The van der Waals surface area contributed by atoms with Gasteiger partial charge in [-0.15, -0.1) is 10.2 Å². The highest BCUT2D eigenvalue weighted by molar-refractivity contribution is 7.99. The Morgan fingerprint density at radius 3 is 2.75 bits per heavy atom. The van der Waals surface area contributed by atoms with Gasteiger partial charge in [-0.1, -0.05) is 31.0 Å². The van der Waals surface area contributed by atoms with Gasteiger partial charge in [0.2, 0.25) is 5.16 Å². The topological polar surface area (TPSA) is 98.8 Å². The van der Waals surface area contributed by atoms with Crippen LogP contribution in [-0.2, 0) is 4.79 Å². The Morgan fingerprint density at radius 1 is 1.29 bits per heavy atom. The second-order valence-corrected chi connectivity index (χ2v) is 7.46. The van der Waals surface area contributed by atoms with Crippen molar-refractivity contribution in [2.24, 2.45) is 5.10 Å². The van der Waals surface area contributed by atoms with Gasteiger partial charge in [-0.05, 0) is 25.0 Å². The van der Waals surface area contributed by atoms with Gasteiger partial charge in [0.15, 0.2) is 5.82 Å². The van der Waals surface area contributed by atoms with Gasteiger partial charge in [0.25, 0.3) is 0 Å². The van der Waals surface area contributed by atoms with Gasteiger partial charge < -0.3 is 14.6 Å². The number of carbonyl (C=O) groups is 1. The summed E-state index contributed by atoms with van der Waals surface area (Å²) in [6.45, 7) is 0. The van der Waals surface area contributed by atoms with E-state index in [0.29, 0.717) is 16.7 Å². The van der Waals surface area contributed by atoms with Gasteiger partial charge in [0.05, 0.1) is 26.2 Å². The van der Waals surface area contributed by atoms with Gasteiger partial charge in [0.1, 0.15) is 11.5 Å². The van der Waals surface area contributed by atoms with Crippen molar-refractivity contribution in [2.75, 3.05) is 20.0 Å². The number of thioether (sulfide) groups is 1. The highest BCUT2D eigenvalue weighted by Gasteiger charge is 2.24. The van der Waals surface area contributed by atoms with E-state index < -0.39 is 5.97 Å². The largest absolute Gasteiger partial charge is 0.497 e. The Balaban J connectivity index is 1.92. The van der Waals surface area contributed by atoms with Crippen molar-refractivity contribution in [1.29, 1.82) is 0 Å². The van der Waals surface area contributed by atoms with Crippen molar-refractivity contribution in [2.45, 2.75) is 43.2 Å². The van der Waals surface area contributed by atoms with Crippen molar-refractivity contribution in [3.05, 3.63) is 29.6 Å². The molecule has 2 aromatic rings. The van der Waals surface area contributed by atoms with Crippen LogP contribution in [0.3, 0.4) is 0 Å². The van der Waals surface area contributed by atoms with Crippen LogP contribution in [0.4, 0.5) is 0 Å². The van der Waals surface area contributed by atoms with E-state index in [0.717, 1.165) is 48.8 Å². The van der Waals surface area contributed by atoms with Crippen LogP contribution >= 0.6 is 11.8 Å². The molecule has 0 bridgehead atoms. The zero-order valence-electron chi connectivity index (χ0n) is 16.0. The molecule has 1 N–H and O–H groups in total. The fraction of sp³-hybridized carbons (Fsp3) is 0.474. The zero-order valence-corrected chi connectivity index (χ0v) is 16.8. The molecule has 0 amide bonds. The van der Waals surface area contributed by atoms with E-state index >= 15 is 0 Å². The van der Waals surface area contributed by atoms with Crippen LogP contribution in [0.15, 0.2) is 28.5 Å². The Labute approximate surface area is 167 Å². The highest BCUT2D eigenvalue weighted by atomic mass is 32.2. The monoisotopic (exact) mass is 404 g/mol. The number of rotatable bonds is 8. The Kier molecular flexibility index (Phi) is 6.91. The lowest BCUT2D eigenvalue weighted by atomic mass is 9.89. The van der Waals surface area contributed by atoms with E-state index in [-0.39, 0.29) is 11.7 Å². The quantitative estimate of drug-likeness (QED) is 0.532. The predicted molar refractivity (Wildman–Crippen MR) is 107 cm³/mol. The van der Waals surface area contributed by atoms with Crippen molar-refractivity contribution in [3.63, 3.8) is 0 Å². The first-order chi connectivity index (χ1) is 13.6. The van der Waals surface area contributed by atoms with E-state index in [2.05, 4.69) is 15.3 Å². The Bertz CT molecular complexity index is 846. The van der Waals surface area contributed by atoms with Crippen molar-refractivity contribution in [1.82, 2.24) is 14.9 Å². The van der Waals surface area contributed by atoms with Crippen LogP contribution in [-0.4, -0.2) is 52.1 Å². The zero-order chi connectivity index (χ0) is 19.9. The van der Waals surface area contributed by atoms with Gasteiger partial charge in [-0.25, -0.2) is 0 Å². The molecule has 0 saturated heterocycles. The average Bonchev–Trinajstić information content (AvgIpc) is 3.14. The van der Waals surface area contributed by atoms with E-state index in [1.807, 2.05) is 12.1 Å². The second kappa shape index (κ2) is 9.59. The lowest BCUT2D eigenvalue weighted by Gasteiger charge is -2.20. The second-order valence-electron chi connectivity index (χ2n) is 6.52. The maximum absolute atomic E-state index is 11.0. The van der Waals surface area contributed by atoms with Gasteiger partial charge in [-0.2, -0.15) is 9.78 Å². The molecular formula is C19H24N4O4S. The summed E-state index contributed by atoms with van der Waals surface area (Å²) in [5.41, 5.74) is 0.778. The number of benzene rings is 1. The van der Waals surface area contributed by atoms with Crippen LogP contribution in [0.2, 0.25) is 0 Å². The molecule has 1 aromatic heterocycles. The number of carboxylic acids is 1. The fourth-order valence-corrected chi connectivity index (χ4v) is 3.88. The molecule has 3 rings (SSSR count). The van der Waals surface area contributed by atoms with Gasteiger partial charge in [0, 0.05) is 17.5 Å². The molecule has 1 aliphatic carbocycles. The van der Waals surface area contributed by atoms with E-state index in [1.54, 1.807) is 31.2 Å². The molecule has 9 heteroatoms. The number of carboxylic acid groups (broad SMARTS) is 1. The summed E-state index contributed by atoms with van der Waals surface area (Å²) < 4.78 is 12.3. The molecule has 1 aliphatic rings. The summed E-state index contributed by atoms with van der Waals surface area (Å²) in [5, 5.41) is 22.6. The smallest absolute Gasteiger partial charge is 0.313 e. The van der Waals surface area contributed by atoms with Crippen LogP contribution in [0.5, 0.6) is 11.5 Å². The predicted octanol–water partition coefficient (Wildman–Crippen LogP) is 3.40. The first kappa shape index (κ1) is 20.2. The van der Waals surface area contributed by atoms with Gasteiger partial charge >= 0.3 is 5.97 Å². The summed E-state index contributed by atoms with van der Waals surface area (Å²) in [7, 11) is 3.19. The summed E-state index contributed by atoms with van der Waals surface area (Å²) in [6.07, 6.45) is 7.32. The molecule has 0 unspecified atom stereocenters. The van der Waals surface area contributed by atoms with Gasteiger partial charge in [-0.3, -0.25) is 4.79 Å². The fourth-order valence-electron chi connectivity index (χ4n) is 3.26. The number of hydrogen-bond donors (Lipinski definition) is 1. The van der Waals surface area contributed by atoms with Crippen molar-refractivity contribution >= 4 is 23.9 Å². The maximum Gasteiger partial charge on any atom is 0.313 e. The lowest BCUT2D eigenvalue weighted by Crippen LogP contribution is -2.11. The molecule has 1 heterocycles. The molecule has 0 aliphatic heterocycles. The highest BCUT2D eigenvalue weighted by Crippen LogP contribution is 2.33. The minimum Gasteiger partial charge on any atom is -0.497 e. The third kappa shape index (κ3) is 4.83. The molecule has 1 fully saturated rings. The van der Waals surface area contributed by atoms with Crippen LogP contribution in [0.1, 0.15) is 49.4 Å². The molecule has 0 spiro atoms. The lowest BCUT2D eigenvalue weighted by molar-refractivity contribution is -0.133. The molecule has 8 nitrogen and oxygen atoms in total. The standard InChI is InChI=1S/C19H24N4O4S/c1-26-15-9-8-14(16(10-15)27-2)11-20-23-18(13-6-4-3-5-7-13)21-22-19(23)28-12-17(24)25/h8-11,13H,3-7,12H2,1-2H3,(H,24,25)/b20-11-. The first-order valence-corrected chi connectivity index (χ1v) is 10.2. The van der Waals surface area contributed by atoms with E-state index in [1.165, 1.54) is 6.42 Å². The minimum atomic E-state index is -0.903. The number of ether oxygens (including phenoxy) is 2. The molecule has 150 valence electrons. The normalized spacial score (nSPS) is 15.1. The van der Waals surface area contributed by atoms with Crippen LogP contribution < -0.4 is 9.47 Å². The van der Waals surface area contributed by atoms with Crippen LogP contribution in [0, 0.1) is 0 Å². The Morgan fingerprint density at radius 2 is 2.07 bits per heavy atom. The molecule has 0 atom stereocenters. The average molecular weight is 404 g/mol. The SMILES string of the molecule is COc1ccc(/C=N\n2c(SCC(=O)O)nnc2C2CCCCC2)c(OC)c1. The molecule has 1 saturated carbocycles. The maximum atomic E-state index is 11.0. The number of hydrogen-bond acceptors (Lipinski definition) is 7. The minimum absolute atomic E-state index is 0.0931. The third-order valence-corrected chi connectivity index (χ3v) is 5.59. The molecule has 28 heavy (non-hydrogen) atoms. The molecule has 1 aromatic carbocycles. The number of aromatic nitrogens is 3. The summed E-state index contributed by atoms with van der Waals surface area (Å²) in [4.78, 5) is 11.0. The third-order valence-electron chi connectivity index (χ3n) is 4.68. The summed E-state index contributed by atoms with van der Waals surface area (Å²) in [6, 6.07) is 5.48. The van der Waals surface area contributed by atoms with Crippen molar-refractivity contribution < 1.29 is 19.4 Å². The summed E-state index contributed by atoms with van der Waals surface area (Å²) in [5.74, 6) is 1.41. The molecule has 0 radical (unpaired) electrons. The summed E-state index contributed by atoms with van der Waals surface area (Å²) >= 11 is 1.12.